The molecular weight excluding hydrogens is 295 g/mol. The summed E-state index contributed by atoms with van der Waals surface area (Å²) in [5.74, 6) is -0.600. The smallest absolute Gasteiger partial charge is 0.397 e. The number of alkyl halides is 3. The molecule has 0 spiro atoms. The highest BCUT2D eigenvalue weighted by Gasteiger charge is 2.33. The van der Waals surface area contributed by atoms with Crippen molar-refractivity contribution in [2.24, 2.45) is 0 Å². The summed E-state index contributed by atoms with van der Waals surface area (Å²) in [5.41, 5.74) is 4.90. The number of aromatic amines is 1. The number of nitrogen functional groups attached to an aromatic ring is 1. The third kappa shape index (κ3) is 3.05. The van der Waals surface area contributed by atoms with Crippen LogP contribution in [0.15, 0.2) is 30.5 Å². The first-order chi connectivity index (χ1) is 9.27. The number of aromatic nitrogens is 1. The molecule has 1 heterocycles. The number of hydrogen-bond donors (Lipinski definition) is 3. The van der Waals surface area contributed by atoms with Gasteiger partial charge >= 0.3 is 6.18 Å². The van der Waals surface area contributed by atoms with Gasteiger partial charge in [-0.05, 0) is 24.3 Å². The number of hydrogen-bond acceptors (Lipinski definition) is 2. The molecule has 0 fully saturated rings. The summed E-state index contributed by atoms with van der Waals surface area (Å²) in [4.78, 5) is 14.4. The van der Waals surface area contributed by atoms with Gasteiger partial charge < -0.3 is 16.0 Å². The van der Waals surface area contributed by atoms with Crippen molar-refractivity contribution >= 4 is 28.9 Å². The Hall–Kier alpha value is -2.15. The van der Waals surface area contributed by atoms with Gasteiger partial charge in [0.1, 0.15) is 5.69 Å². The van der Waals surface area contributed by atoms with Crippen molar-refractivity contribution in [3.8, 4) is 0 Å². The minimum Gasteiger partial charge on any atom is -0.397 e. The van der Waals surface area contributed by atoms with E-state index in [9.17, 15) is 18.0 Å². The molecule has 4 nitrogen and oxygen atoms in total. The first-order valence-corrected chi connectivity index (χ1v) is 5.77. The molecule has 0 radical (unpaired) electrons. The number of carbonyl (C=O) groups is 1. The molecule has 2 rings (SSSR count). The van der Waals surface area contributed by atoms with Gasteiger partial charge in [-0.3, -0.25) is 4.79 Å². The third-order valence-electron chi connectivity index (χ3n) is 2.48. The maximum atomic E-state index is 12.7. The van der Waals surface area contributed by atoms with E-state index in [2.05, 4.69) is 10.3 Å². The SMILES string of the molecule is Nc1c[nH]c(C(=O)Nc2ccc(Cl)c(C(F)(F)F)c2)c1. The van der Waals surface area contributed by atoms with Crippen LogP contribution in [-0.2, 0) is 6.18 Å². The van der Waals surface area contributed by atoms with Crippen molar-refractivity contribution in [3.05, 3.63) is 46.7 Å². The lowest BCUT2D eigenvalue weighted by atomic mass is 10.2. The molecule has 2 aromatic rings. The van der Waals surface area contributed by atoms with Crippen LogP contribution in [0.3, 0.4) is 0 Å². The fourth-order valence-corrected chi connectivity index (χ4v) is 1.79. The van der Waals surface area contributed by atoms with Crippen LogP contribution in [-0.4, -0.2) is 10.9 Å². The third-order valence-corrected chi connectivity index (χ3v) is 2.81. The molecule has 20 heavy (non-hydrogen) atoms. The van der Waals surface area contributed by atoms with Crippen LogP contribution >= 0.6 is 11.6 Å². The molecule has 0 bridgehead atoms. The van der Waals surface area contributed by atoms with E-state index in [0.717, 1.165) is 12.1 Å². The second-order valence-electron chi connectivity index (χ2n) is 3.99. The molecule has 0 saturated heterocycles. The van der Waals surface area contributed by atoms with Gasteiger partial charge in [-0.15, -0.1) is 0 Å². The lowest BCUT2D eigenvalue weighted by Gasteiger charge is -2.11. The van der Waals surface area contributed by atoms with Gasteiger partial charge in [0, 0.05) is 17.6 Å². The molecule has 0 aliphatic carbocycles. The van der Waals surface area contributed by atoms with Crippen molar-refractivity contribution in [1.82, 2.24) is 4.98 Å². The Balaban J connectivity index is 2.24. The number of rotatable bonds is 2. The van der Waals surface area contributed by atoms with Crippen molar-refractivity contribution in [1.29, 1.82) is 0 Å². The molecule has 1 amide bonds. The van der Waals surface area contributed by atoms with E-state index in [0.29, 0.717) is 5.69 Å². The van der Waals surface area contributed by atoms with Gasteiger partial charge in [0.25, 0.3) is 5.91 Å². The van der Waals surface area contributed by atoms with Crippen LogP contribution in [0.25, 0.3) is 0 Å². The van der Waals surface area contributed by atoms with Crippen LogP contribution < -0.4 is 11.1 Å². The van der Waals surface area contributed by atoms with E-state index in [1.807, 2.05) is 0 Å². The summed E-state index contributed by atoms with van der Waals surface area (Å²) in [6, 6.07) is 4.49. The summed E-state index contributed by atoms with van der Waals surface area (Å²) in [6.07, 6.45) is -3.19. The Kier molecular flexibility index (Phi) is 3.63. The van der Waals surface area contributed by atoms with Crippen molar-refractivity contribution in [2.45, 2.75) is 6.18 Å². The fraction of sp³-hybridized carbons (Fsp3) is 0.0833. The highest BCUT2D eigenvalue weighted by atomic mass is 35.5. The van der Waals surface area contributed by atoms with E-state index >= 15 is 0 Å². The molecule has 0 atom stereocenters. The van der Waals surface area contributed by atoms with E-state index < -0.39 is 22.7 Å². The molecule has 106 valence electrons. The van der Waals surface area contributed by atoms with Gasteiger partial charge in [0.05, 0.1) is 10.6 Å². The topological polar surface area (TPSA) is 70.9 Å². The lowest BCUT2D eigenvalue weighted by Crippen LogP contribution is -2.13. The van der Waals surface area contributed by atoms with Crippen molar-refractivity contribution < 1.29 is 18.0 Å². The number of nitrogens with one attached hydrogen (secondary N) is 2. The fourth-order valence-electron chi connectivity index (χ4n) is 1.56. The maximum Gasteiger partial charge on any atom is 0.417 e. The summed E-state index contributed by atoms with van der Waals surface area (Å²) in [5, 5.41) is 1.90. The first-order valence-electron chi connectivity index (χ1n) is 5.39. The van der Waals surface area contributed by atoms with Crippen LogP contribution in [0.4, 0.5) is 24.5 Å². The predicted molar refractivity (Wildman–Crippen MR) is 69.6 cm³/mol. The normalized spacial score (nSPS) is 11.4. The molecule has 0 aliphatic heterocycles. The van der Waals surface area contributed by atoms with Gasteiger partial charge in [0.2, 0.25) is 0 Å². The minimum atomic E-state index is -4.59. The second kappa shape index (κ2) is 5.09. The zero-order valence-electron chi connectivity index (χ0n) is 9.88. The van der Waals surface area contributed by atoms with E-state index in [-0.39, 0.29) is 11.4 Å². The molecule has 0 saturated carbocycles. The van der Waals surface area contributed by atoms with E-state index in [1.165, 1.54) is 18.3 Å². The summed E-state index contributed by atoms with van der Waals surface area (Å²) in [6.45, 7) is 0. The summed E-state index contributed by atoms with van der Waals surface area (Å²) in [7, 11) is 0. The highest BCUT2D eigenvalue weighted by Crippen LogP contribution is 2.36. The van der Waals surface area contributed by atoms with Crippen LogP contribution in [0.1, 0.15) is 16.1 Å². The largest absolute Gasteiger partial charge is 0.417 e. The van der Waals surface area contributed by atoms with Crippen LogP contribution in [0, 0.1) is 0 Å². The number of halogens is 4. The Morgan fingerprint density at radius 2 is 2.00 bits per heavy atom. The molecular formula is C12H9ClF3N3O. The second-order valence-corrected chi connectivity index (χ2v) is 4.40. The predicted octanol–water partition coefficient (Wildman–Crippen LogP) is 3.52. The average molecular weight is 304 g/mol. The molecule has 1 aromatic heterocycles. The maximum absolute atomic E-state index is 12.7. The number of benzene rings is 1. The zero-order valence-corrected chi connectivity index (χ0v) is 10.6. The zero-order chi connectivity index (χ0) is 14.9. The standard InChI is InChI=1S/C12H9ClF3N3O/c13-9-2-1-7(4-8(9)12(14,15)16)19-11(20)10-3-6(17)5-18-10/h1-5,18H,17H2,(H,19,20). The number of nitrogens with two attached hydrogens (primary N) is 1. The van der Waals surface area contributed by atoms with E-state index in [4.69, 9.17) is 17.3 Å². The number of carbonyl (C=O) groups excluding carboxylic acids is 1. The van der Waals surface area contributed by atoms with Gasteiger partial charge in [-0.1, -0.05) is 11.6 Å². The van der Waals surface area contributed by atoms with Gasteiger partial charge in [-0.2, -0.15) is 13.2 Å². The Labute approximate surface area is 116 Å². The molecule has 0 aliphatic rings. The van der Waals surface area contributed by atoms with Crippen LogP contribution in [0.2, 0.25) is 5.02 Å². The molecule has 0 unspecified atom stereocenters. The quantitative estimate of drug-likeness (QED) is 0.794. The van der Waals surface area contributed by atoms with Crippen LogP contribution in [0.5, 0.6) is 0 Å². The Morgan fingerprint density at radius 1 is 1.30 bits per heavy atom. The Bertz CT molecular complexity index is 652. The van der Waals surface area contributed by atoms with Gasteiger partial charge in [0.15, 0.2) is 0 Å². The number of H-pyrrole nitrogens is 1. The summed E-state index contributed by atoms with van der Waals surface area (Å²) >= 11 is 5.48. The van der Waals surface area contributed by atoms with Gasteiger partial charge in [-0.25, -0.2) is 0 Å². The van der Waals surface area contributed by atoms with E-state index in [1.54, 1.807) is 0 Å². The molecule has 1 aromatic carbocycles. The molecule has 8 heteroatoms. The minimum absolute atomic E-state index is 0.0140. The number of anilines is 2. The average Bonchev–Trinajstić information content (AvgIpc) is 2.77. The summed E-state index contributed by atoms with van der Waals surface area (Å²) < 4.78 is 38.0. The lowest BCUT2D eigenvalue weighted by molar-refractivity contribution is -0.137. The van der Waals surface area contributed by atoms with Crippen molar-refractivity contribution in [2.75, 3.05) is 11.1 Å². The molecule has 4 N–H and O–H groups in total. The first kappa shape index (κ1) is 14.3. The monoisotopic (exact) mass is 303 g/mol. The number of amides is 1. The highest BCUT2D eigenvalue weighted by molar-refractivity contribution is 6.31. The van der Waals surface area contributed by atoms with Crippen molar-refractivity contribution in [3.63, 3.8) is 0 Å². The Morgan fingerprint density at radius 3 is 2.55 bits per heavy atom.